The summed E-state index contributed by atoms with van der Waals surface area (Å²) in [6.07, 6.45) is 7.20. The summed E-state index contributed by atoms with van der Waals surface area (Å²) in [5, 5.41) is 52.3. The van der Waals surface area contributed by atoms with Crippen molar-refractivity contribution in [3.8, 4) is 23.0 Å². The second-order valence-electron chi connectivity index (χ2n) is 17.3. The number of aromatic hydroxyl groups is 2. The minimum absolute atomic E-state index is 0.0586. The zero-order chi connectivity index (χ0) is 47.8. The minimum Gasteiger partial charge on any atom is -0.507 e. The van der Waals surface area contributed by atoms with Crippen LogP contribution in [-0.2, 0) is 28.6 Å². The van der Waals surface area contributed by atoms with Gasteiger partial charge in [-0.2, -0.15) is 0 Å². The summed E-state index contributed by atoms with van der Waals surface area (Å²) in [5.74, 6) is -8.10. The van der Waals surface area contributed by atoms with Gasteiger partial charge in [0, 0.05) is 87.4 Å². The predicted molar refractivity (Wildman–Crippen MR) is 242 cm³/mol. The lowest BCUT2D eigenvalue weighted by Gasteiger charge is -2.38. The first kappa shape index (κ1) is 51.5. The fourth-order valence-corrected chi connectivity index (χ4v) is 8.23. The van der Waals surface area contributed by atoms with Crippen LogP contribution in [0.4, 0.5) is 5.69 Å². The van der Waals surface area contributed by atoms with Crippen LogP contribution in [0.25, 0.3) is 10.8 Å². The van der Waals surface area contributed by atoms with Crippen molar-refractivity contribution in [3.63, 3.8) is 0 Å². The van der Waals surface area contributed by atoms with E-state index in [4.69, 9.17) is 23.7 Å². The molecule has 0 aromatic heterocycles. The molecule has 9 atom stereocenters. The largest absolute Gasteiger partial charge is 0.507 e. The number of ether oxygens (including phenoxy) is 5. The smallest absolute Gasteiger partial charge is 0.312 e. The third kappa shape index (κ3) is 11.2. The van der Waals surface area contributed by atoms with E-state index in [-0.39, 0.29) is 44.7 Å². The van der Waals surface area contributed by atoms with Gasteiger partial charge >= 0.3 is 11.8 Å². The number of rotatable bonds is 12. The number of phenolic OH excluding ortho intramolecular Hbond substituents is 2. The number of aliphatic hydroxyl groups excluding tert-OH is 2. The number of anilines is 1. The summed E-state index contributed by atoms with van der Waals surface area (Å²) in [6, 6.07) is 1.28. The number of likely N-dealkylation sites (N-methyl/N-ethyl adjacent to an activating group) is 1. The van der Waals surface area contributed by atoms with E-state index in [0.29, 0.717) is 13.1 Å². The molecule has 2 amide bonds. The monoisotopic (exact) mass is 895 g/mol. The number of carbonyl (C=O) groups excluding carboxylic acids is 4. The molecule has 354 valence electrons. The summed E-state index contributed by atoms with van der Waals surface area (Å²) in [6.45, 7) is 17.5. The Morgan fingerprint density at radius 1 is 0.922 bits per heavy atom. The Hall–Kier alpha value is -5.16. The molecule has 64 heavy (non-hydrogen) atoms. The zero-order valence-corrected chi connectivity index (χ0v) is 39.4. The first-order valence-electron chi connectivity index (χ1n) is 22.2. The highest BCUT2D eigenvalue weighted by Crippen LogP contribution is 2.54. The summed E-state index contributed by atoms with van der Waals surface area (Å²) in [4.78, 5) is 54.5. The molecule has 16 heteroatoms. The maximum Gasteiger partial charge on any atom is 0.312 e. The molecular formula is C48H69N3O13. The summed E-state index contributed by atoms with van der Waals surface area (Å²) in [5.41, 5.74) is -0.0137. The first-order valence-corrected chi connectivity index (χ1v) is 22.2. The molecule has 16 nitrogen and oxygen atoms in total. The van der Waals surface area contributed by atoms with Gasteiger partial charge < -0.3 is 49.4 Å². The molecule has 5 rings (SSSR count). The number of allylic oxidation sites excluding steroid dienone is 2. The number of Topliss-reactive ketones (excluding diaryl/α,β-unsaturated/α-hetero) is 1. The number of benzene rings is 2. The third-order valence-corrected chi connectivity index (χ3v) is 12.5. The number of hydrazine groups is 1. The van der Waals surface area contributed by atoms with Crippen molar-refractivity contribution in [2.24, 2.45) is 23.7 Å². The molecule has 3 aliphatic heterocycles. The average molecular weight is 896 g/mol. The second kappa shape index (κ2) is 22.2. The molecule has 2 aromatic carbocycles. The van der Waals surface area contributed by atoms with Crippen LogP contribution >= 0.6 is 0 Å². The normalized spacial score (nSPS) is 28.5. The van der Waals surface area contributed by atoms with Crippen LogP contribution in [0.1, 0.15) is 104 Å². The van der Waals surface area contributed by atoms with Crippen LogP contribution in [0.5, 0.6) is 23.0 Å². The molecule has 0 saturated carbocycles. The molecule has 5 bridgehead atoms. The van der Waals surface area contributed by atoms with Crippen LogP contribution in [0.15, 0.2) is 42.2 Å². The number of methoxy groups -OCH3 is 1. The molecule has 0 spiro atoms. The fourth-order valence-electron chi connectivity index (χ4n) is 8.23. The molecule has 0 radical (unpaired) electrons. The van der Waals surface area contributed by atoms with Gasteiger partial charge in [-0.3, -0.25) is 24.2 Å². The standard InChI is InChI=1S/C48H69N3O13/c1-13-15-21-51(22-16-14-2)50(11)36(53)25-61-35-24-33-43(57)38-37(35)39-45(31(8)42(38)56)64-48(10,46(39)58)62-23-20-34(60-12)28(5)44(63-32(9)52)30(7)41(55)29(6)40(54)26(3)18-17-19-27(4)47(59)49-33/h17-20,23-24,26,28-30,34,40-41,44,54-57H,13-16,21-22,25H2,1-12H3,(H,49,59)/b18-17+,23-20+,27-19-/t26-,28+,29+,30+,34-,40-,41+,44+,48-/m0/s1. The highest BCUT2D eigenvalue weighted by atomic mass is 16.7. The Labute approximate surface area is 376 Å². The lowest BCUT2D eigenvalue weighted by molar-refractivity contribution is -0.160. The lowest BCUT2D eigenvalue weighted by atomic mass is 9.78. The number of nitrogens with one attached hydrogen (secondary N) is 1. The molecule has 3 aliphatic rings. The van der Waals surface area contributed by atoms with Crippen molar-refractivity contribution in [2.75, 3.05) is 39.2 Å². The number of ketones is 1. The van der Waals surface area contributed by atoms with Crippen molar-refractivity contribution in [2.45, 2.75) is 125 Å². The zero-order valence-electron chi connectivity index (χ0n) is 39.4. The topological polar surface area (TPSA) is 214 Å². The number of amides is 2. The van der Waals surface area contributed by atoms with Crippen molar-refractivity contribution in [3.05, 3.63) is 53.3 Å². The van der Waals surface area contributed by atoms with Gasteiger partial charge in [0.1, 0.15) is 23.4 Å². The first-order chi connectivity index (χ1) is 30.1. The average Bonchev–Trinajstić information content (AvgIpc) is 3.53. The number of aliphatic hydroxyl groups is 2. The molecule has 0 unspecified atom stereocenters. The van der Waals surface area contributed by atoms with E-state index in [2.05, 4.69) is 19.2 Å². The Balaban J connectivity index is 1.91. The van der Waals surface area contributed by atoms with Crippen LogP contribution in [0, 0.1) is 30.6 Å². The van der Waals surface area contributed by atoms with Gasteiger partial charge in [-0.15, -0.1) is 0 Å². The molecular weight excluding hydrogens is 827 g/mol. The number of esters is 1. The van der Waals surface area contributed by atoms with Gasteiger partial charge in [0.2, 0.25) is 0 Å². The Bertz CT molecular complexity index is 2110. The Morgan fingerprint density at radius 2 is 1.56 bits per heavy atom. The van der Waals surface area contributed by atoms with Crippen LogP contribution in [-0.4, -0.2) is 118 Å². The van der Waals surface area contributed by atoms with E-state index in [1.54, 1.807) is 46.9 Å². The Morgan fingerprint density at radius 3 is 2.16 bits per heavy atom. The van der Waals surface area contributed by atoms with Gasteiger partial charge in [-0.1, -0.05) is 72.6 Å². The van der Waals surface area contributed by atoms with Crippen molar-refractivity contribution in [1.82, 2.24) is 10.0 Å². The van der Waals surface area contributed by atoms with Crippen molar-refractivity contribution >= 4 is 40.0 Å². The van der Waals surface area contributed by atoms with Gasteiger partial charge in [0.25, 0.3) is 17.6 Å². The van der Waals surface area contributed by atoms with E-state index in [9.17, 15) is 39.6 Å². The number of hydrogen-bond donors (Lipinski definition) is 5. The van der Waals surface area contributed by atoms with Crippen molar-refractivity contribution < 1.29 is 63.3 Å². The van der Waals surface area contributed by atoms with E-state index < -0.39 is 95.5 Å². The Kier molecular flexibility index (Phi) is 17.8. The number of unbranched alkanes of at least 4 members (excludes halogenated alkanes) is 2. The maximum atomic E-state index is 14.6. The van der Waals surface area contributed by atoms with Gasteiger partial charge in [-0.05, 0) is 32.8 Å². The van der Waals surface area contributed by atoms with Gasteiger partial charge in [0.15, 0.2) is 12.4 Å². The van der Waals surface area contributed by atoms with Gasteiger partial charge in [0.05, 0.1) is 41.2 Å². The number of hydrogen-bond acceptors (Lipinski definition) is 14. The van der Waals surface area contributed by atoms with E-state index in [1.165, 1.54) is 64.3 Å². The predicted octanol–water partition coefficient (Wildman–Crippen LogP) is 6.70. The van der Waals surface area contributed by atoms with E-state index >= 15 is 0 Å². The number of carbonyl (C=O) groups is 4. The highest BCUT2D eigenvalue weighted by molar-refractivity contribution is 6.21. The molecule has 0 aliphatic carbocycles. The lowest BCUT2D eigenvalue weighted by Crippen LogP contribution is -2.46. The maximum absolute atomic E-state index is 14.6. The second-order valence-corrected chi connectivity index (χ2v) is 17.3. The van der Waals surface area contributed by atoms with Crippen molar-refractivity contribution in [1.29, 1.82) is 0 Å². The molecule has 3 heterocycles. The minimum atomic E-state index is -2.04. The number of fused-ring (bicyclic) bond motifs is 14. The SMILES string of the molecule is CCCCN(CCCC)N(C)C(=O)COc1cc2c(O)c3c(O)c(C)c4c(c13)C(=O)[C@@](C)(O/C=C/[C@H](OC)[C@@H](C)[C@@H](OC(C)=O)[C@H](C)[C@H](O)[C@H](C)[C@@H](O)[C@@H](C)/C=C/C=C(/C)C(=O)N2)O4. The highest BCUT2D eigenvalue weighted by Gasteiger charge is 2.50. The summed E-state index contributed by atoms with van der Waals surface area (Å²) >= 11 is 0. The molecule has 5 N–H and O–H groups in total. The van der Waals surface area contributed by atoms with E-state index in [0.717, 1.165) is 25.7 Å². The molecule has 2 aromatic rings. The summed E-state index contributed by atoms with van der Waals surface area (Å²) < 4.78 is 30.0. The summed E-state index contributed by atoms with van der Waals surface area (Å²) in [7, 11) is 3.10. The fraction of sp³-hybridized carbons (Fsp3) is 0.583. The molecule has 0 saturated heterocycles. The quantitative estimate of drug-likeness (QED) is 0.0852. The van der Waals surface area contributed by atoms with Crippen LogP contribution < -0.4 is 14.8 Å². The van der Waals surface area contributed by atoms with Gasteiger partial charge in [-0.25, -0.2) is 5.01 Å². The van der Waals surface area contributed by atoms with E-state index in [1.807, 2.05) is 5.01 Å². The third-order valence-electron chi connectivity index (χ3n) is 12.5. The molecule has 0 fully saturated rings. The van der Waals surface area contributed by atoms with Crippen LogP contribution in [0.3, 0.4) is 0 Å². The number of nitrogens with zero attached hydrogens (tertiary/aromatic N) is 2. The van der Waals surface area contributed by atoms with Crippen LogP contribution in [0.2, 0.25) is 0 Å². The number of phenols is 2.